The van der Waals surface area contributed by atoms with E-state index in [-0.39, 0.29) is 11.6 Å². The predicted molar refractivity (Wildman–Crippen MR) is 109 cm³/mol. The third-order valence-corrected chi connectivity index (χ3v) is 5.68. The highest BCUT2D eigenvalue weighted by atomic mass is 19.4. The third-order valence-electron chi connectivity index (χ3n) is 5.68. The summed E-state index contributed by atoms with van der Waals surface area (Å²) in [6.07, 6.45) is -0.534. The van der Waals surface area contributed by atoms with Crippen LogP contribution in [0, 0.1) is 0 Å². The van der Waals surface area contributed by atoms with Gasteiger partial charge in [0.05, 0.1) is 11.1 Å². The van der Waals surface area contributed by atoms with Gasteiger partial charge in [-0.1, -0.05) is 6.92 Å². The number of rotatable bonds is 4. The minimum Gasteiger partial charge on any atom is -0.507 e. The Morgan fingerprint density at radius 2 is 2.03 bits per heavy atom. The van der Waals surface area contributed by atoms with Crippen molar-refractivity contribution in [3.8, 4) is 17.0 Å². The Morgan fingerprint density at radius 3 is 2.73 bits per heavy atom. The van der Waals surface area contributed by atoms with Crippen molar-refractivity contribution in [2.75, 3.05) is 25.0 Å². The van der Waals surface area contributed by atoms with E-state index < -0.39 is 17.5 Å². The van der Waals surface area contributed by atoms with E-state index in [1.807, 2.05) is 23.9 Å². The molecule has 0 saturated carbocycles. The summed E-state index contributed by atoms with van der Waals surface area (Å²) in [7, 11) is 1.83. The van der Waals surface area contributed by atoms with E-state index in [4.69, 9.17) is 0 Å². The highest BCUT2D eigenvalue weighted by Gasteiger charge is 2.31. The number of halogens is 3. The number of aryl methyl sites for hydroxylation is 1. The molecule has 0 aliphatic carbocycles. The number of fused-ring (bicyclic) bond motifs is 1. The summed E-state index contributed by atoms with van der Waals surface area (Å²) in [6, 6.07) is 5.05. The first-order valence-corrected chi connectivity index (χ1v) is 9.99. The molecule has 0 unspecified atom stereocenters. The molecule has 1 aliphatic heterocycles. The average molecular weight is 419 g/mol. The number of benzene rings is 1. The predicted octanol–water partition coefficient (Wildman–Crippen LogP) is 4.26. The van der Waals surface area contributed by atoms with Gasteiger partial charge in [0.2, 0.25) is 0 Å². The Kier molecular flexibility index (Phi) is 5.31. The molecule has 160 valence electrons. The van der Waals surface area contributed by atoms with E-state index in [0.717, 1.165) is 50.0 Å². The van der Waals surface area contributed by atoms with E-state index in [0.29, 0.717) is 17.0 Å². The fourth-order valence-electron chi connectivity index (χ4n) is 4.07. The molecule has 1 saturated heterocycles. The number of phenolic OH excluding ortho intramolecular Hbond substituents is 1. The first-order valence-electron chi connectivity index (χ1n) is 9.99. The number of aromatic hydroxyl groups is 1. The van der Waals surface area contributed by atoms with Crippen molar-refractivity contribution in [3.63, 3.8) is 0 Å². The SMILES string of the molecule is CCN1CCC[C@@H](Nc2nnc(-c3ccc(C(F)(F)F)cc3O)c3c2ccn3C)C1. The van der Waals surface area contributed by atoms with Gasteiger partial charge in [-0.2, -0.15) is 13.2 Å². The number of aromatic nitrogens is 3. The van der Waals surface area contributed by atoms with Gasteiger partial charge in [-0.15, -0.1) is 10.2 Å². The third kappa shape index (κ3) is 3.81. The summed E-state index contributed by atoms with van der Waals surface area (Å²) in [4.78, 5) is 2.38. The van der Waals surface area contributed by atoms with E-state index in [9.17, 15) is 18.3 Å². The summed E-state index contributed by atoms with van der Waals surface area (Å²) in [5.74, 6) is 0.164. The number of nitrogens with zero attached hydrogens (tertiary/aromatic N) is 4. The maximum absolute atomic E-state index is 12.9. The van der Waals surface area contributed by atoms with Crippen molar-refractivity contribution < 1.29 is 18.3 Å². The maximum Gasteiger partial charge on any atom is 0.416 e. The van der Waals surface area contributed by atoms with Gasteiger partial charge in [0.1, 0.15) is 11.4 Å². The number of nitrogens with one attached hydrogen (secondary N) is 1. The zero-order chi connectivity index (χ0) is 21.5. The minimum absolute atomic E-state index is 0.212. The topological polar surface area (TPSA) is 66.2 Å². The van der Waals surface area contributed by atoms with Crippen molar-refractivity contribution in [1.82, 2.24) is 19.7 Å². The zero-order valence-electron chi connectivity index (χ0n) is 16.9. The molecule has 0 bridgehead atoms. The highest BCUT2D eigenvalue weighted by molar-refractivity contribution is 5.99. The molecule has 3 aromatic rings. The molecule has 1 aliphatic rings. The number of alkyl halides is 3. The Balaban J connectivity index is 1.72. The van der Waals surface area contributed by atoms with Gasteiger partial charge in [0, 0.05) is 36.8 Å². The normalized spacial score (nSPS) is 18.1. The first kappa shape index (κ1) is 20.5. The summed E-state index contributed by atoms with van der Waals surface area (Å²) in [6.45, 7) is 5.15. The van der Waals surface area contributed by atoms with Crippen molar-refractivity contribution in [2.45, 2.75) is 32.0 Å². The number of likely N-dealkylation sites (tertiary alicyclic amines) is 1. The van der Waals surface area contributed by atoms with Crippen LogP contribution < -0.4 is 5.32 Å². The molecule has 2 N–H and O–H groups in total. The van der Waals surface area contributed by atoms with Crippen LogP contribution in [0.4, 0.5) is 19.0 Å². The molecule has 2 aromatic heterocycles. The van der Waals surface area contributed by atoms with Crippen LogP contribution in [0.2, 0.25) is 0 Å². The molecule has 1 fully saturated rings. The van der Waals surface area contributed by atoms with Crippen molar-refractivity contribution in [2.24, 2.45) is 7.05 Å². The van der Waals surface area contributed by atoms with Crippen LogP contribution in [-0.4, -0.2) is 50.4 Å². The number of likely N-dealkylation sites (N-methyl/N-ethyl adjacent to an activating group) is 1. The van der Waals surface area contributed by atoms with Gasteiger partial charge in [-0.3, -0.25) is 0 Å². The van der Waals surface area contributed by atoms with Crippen molar-refractivity contribution in [1.29, 1.82) is 0 Å². The lowest BCUT2D eigenvalue weighted by Gasteiger charge is -2.32. The van der Waals surface area contributed by atoms with Gasteiger partial charge < -0.3 is 19.9 Å². The Hall–Kier alpha value is -2.81. The van der Waals surface area contributed by atoms with Crippen LogP contribution in [0.15, 0.2) is 30.5 Å². The molecule has 0 radical (unpaired) electrons. The van der Waals surface area contributed by atoms with Crippen molar-refractivity contribution >= 4 is 16.7 Å². The van der Waals surface area contributed by atoms with Gasteiger partial charge in [-0.05, 0) is 50.2 Å². The minimum atomic E-state index is -4.53. The molecule has 1 aromatic carbocycles. The molecule has 4 rings (SSSR count). The average Bonchev–Trinajstić information content (AvgIpc) is 3.10. The monoisotopic (exact) mass is 419 g/mol. The van der Waals surface area contributed by atoms with Crippen molar-refractivity contribution in [3.05, 3.63) is 36.0 Å². The molecule has 3 heterocycles. The molecule has 0 spiro atoms. The summed E-state index contributed by atoms with van der Waals surface area (Å²) in [5.41, 5.74) is 0.346. The largest absolute Gasteiger partial charge is 0.507 e. The fourth-order valence-corrected chi connectivity index (χ4v) is 4.07. The lowest BCUT2D eigenvalue weighted by Crippen LogP contribution is -2.42. The zero-order valence-corrected chi connectivity index (χ0v) is 16.9. The van der Waals surface area contributed by atoms with Gasteiger partial charge in [0.25, 0.3) is 0 Å². The summed E-state index contributed by atoms with van der Waals surface area (Å²) in [5, 5.41) is 23.2. The van der Waals surface area contributed by atoms with Gasteiger partial charge in [0.15, 0.2) is 5.82 Å². The number of anilines is 1. The van der Waals surface area contributed by atoms with Crippen LogP contribution in [0.5, 0.6) is 5.75 Å². The van der Waals surface area contributed by atoms with Gasteiger partial charge >= 0.3 is 6.18 Å². The first-order chi connectivity index (χ1) is 14.3. The maximum atomic E-state index is 12.9. The number of hydrogen-bond donors (Lipinski definition) is 2. The molecule has 0 amide bonds. The number of phenols is 1. The Morgan fingerprint density at radius 1 is 1.23 bits per heavy atom. The fraction of sp³-hybridized carbons (Fsp3) is 0.429. The van der Waals surface area contributed by atoms with Crippen LogP contribution in [0.3, 0.4) is 0 Å². The second kappa shape index (κ2) is 7.79. The smallest absolute Gasteiger partial charge is 0.416 e. The van der Waals surface area contributed by atoms with E-state index in [1.54, 1.807) is 0 Å². The molecule has 30 heavy (non-hydrogen) atoms. The van der Waals surface area contributed by atoms with E-state index in [2.05, 4.69) is 27.3 Å². The number of piperidine rings is 1. The van der Waals surface area contributed by atoms with Gasteiger partial charge in [-0.25, -0.2) is 0 Å². The number of hydrogen-bond acceptors (Lipinski definition) is 5. The van der Waals surface area contributed by atoms with E-state index >= 15 is 0 Å². The van der Waals surface area contributed by atoms with E-state index in [1.165, 1.54) is 6.07 Å². The standard InChI is InChI=1S/C21H24F3N5O/c1-3-29-9-4-5-14(12-29)25-20-16-8-10-28(2)19(16)18(26-27-20)15-7-6-13(11-17(15)30)21(22,23)24/h6-8,10-11,14,30H,3-5,9,12H2,1-2H3,(H,25,27)/t14-/m1/s1. The summed E-state index contributed by atoms with van der Waals surface area (Å²) < 4.78 is 40.7. The molecule has 9 heteroatoms. The molecular formula is C21H24F3N5O. The quantitative estimate of drug-likeness (QED) is 0.662. The van der Waals surface area contributed by atoms with Crippen LogP contribution >= 0.6 is 0 Å². The highest BCUT2D eigenvalue weighted by Crippen LogP contribution is 2.39. The summed E-state index contributed by atoms with van der Waals surface area (Å²) >= 11 is 0. The lowest BCUT2D eigenvalue weighted by atomic mass is 10.0. The molecular weight excluding hydrogens is 395 g/mol. The lowest BCUT2D eigenvalue weighted by molar-refractivity contribution is -0.137. The second-order valence-corrected chi connectivity index (χ2v) is 7.69. The van der Waals surface area contributed by atoms with Crippen LogP contribution in [0.25, 0.3) is 22.2 Å². The van der Waals surface area contributed by atoms with Crippen LogP contribution in [0.1, 0.15) is 25.3 Å². The molecule has 6 nitrogen and oxygen atoms in total. The molecule has 1 atom stereocenters. The Bertz CT molecular complexity index is 1060. The Labute approximate surface area is 172 Å². The van der Waals surface area contributed by atoms with Crippen LogP contribution in [-0.2, 0) is 13.2 Å². The second-order valence-electron chi connectivity index (χ2n) is 7.69.